The molecule has 0 saturated carbocycles. The molecule has 2 aliphatic rings. The van der Waals surface area contributed by atoms with E-state index < -0.39 is 5.97 Å². The molecule has 0 saturated heterocycles. The Balaban J connectivity index is 1.63. The highest BCUT2D eigenvalue weighted by molar-refractivity contribution is 5.96. The van der Waals surface area contributed by atoms with E-state index in [1.165, 1.54) is 22.0 Å². The Hall–Kier alpha value is -3.07. The number of benzene rings is 3. The number of carbonyl (C=O) groups is 1. The maximum absolute atomic E-state index is 11.2. The van der Waals surface area contributed by atoms with Crippen molar-refractivity contribution in [3.8, 4) is 0 Å². The van der Waals surface area contributed by atoms with E-state index in [9.17, 15) is 4.79 Å². The van der Waals surface area contributed by atoms with Crippen LogP contribution in [0.4, 0.5) is 5.69 Å². The summed E-state index contributed by atoms with van der Waals surface area (Å²) in [5.41, 5.74) is 4.05. The minimum absolute atomic E-state index is 0.177. The number of anilines is 1. The summed E-state index contributed by atoms with van der Waals surface area (Å²) >= 11 is 0. The van der Waals surface area contributed by atoms with Crippen LogP contribution in [0, 0.1) is 5.92 Å². The first-order chi connectivity index (χ1) is 12.7. The zero-order chi connectivity index (χ0) is 17.7. The highest BCUT2D eigenvalue weighted by Crippen LogP contribution is 2.51. The van der Waals surface area contributed by atoms with Gasteiger partial charge in [-0.05, 0) is 41.0 Å². The third-order valence-corrected chi connectivity index (χ3v) is 5.78. The topological polar surface area (TPSA) is 49.3 Å². The molecule has 3 heteroatoms. The molecule has 3 aromatic carbocycles. The second kappa shape index (κ2) is 5.73. The average molecular weight is 341 g/mol. The van der Waals surface area contributed by atoms with Crippen LogP contribution in [-0.4, -0.2) is 11.1 Å². The zero-order valence-corrected chi connectivity index (χ0v) is 14.2. The number of rotatable bonds is 2. The number of hydrogen-bond donors (Lipinski definition) is 2. The lowest BCUT2D eigenvalue weighted by molar-refractivity contribution is 0.0697. The minimum Gasteiger partial charge on any atom is -0.478 e. The van der Waals surface area contributed by atoms with Crippen LogP contribution in [0.15, 0.2) is 72.8 Å². The molecule has 0 aromatic heterocycles. The molecule has 3 nitrogen and oxygen atoms in total. The monoisotopic (exact) mass is 341 g/mol. The van der Waals surface area contributed by atoms with Crippen molar-refractivity contribution in [1.29, 1.82) is 0 Å². The van der Waals surface area contributed by atoms with Gasteiger partial charge < -0.3 is 10.4 Å². The molecule has 3 atom stereocenters. The highest BCUT2D eigenvalue weighted by atomic mass is 16.4. The summed E-state index contributed by atoms with van der Waals surface area (Å²) in [5.74, 6) is -0.0238. The molecule has 0 amide bonds. The van der Waals surface area contributed by atoms with Gasteiger partial charge in [-0.2, -0.15) is 0 Å². The second-order valence-electron chi connectivity index (χ2n) is 7.15. The van der Waals surface area contributed by atoms with Crippen LogP contribution in [0.3, 0.4) is 0 Å². The van der Waals surface area contributed by atoms with Gasteiger partial charge in [-0.3, -0.25) is 0 Å². The first-order valence-electron chi connectivity index (χ1n) is 9.00. The van der Waals surface area contributed by atoms with E-state index in [4.69, 9.17) is 5.11 Å². The fraction of sp³-hybridized carbons (Fsp3) is 0.174. The van der Waals surface area contributed by atoms with Crippen LogP contribution in [-0.2, 0) is 0 Å². The van der Waals surface area contributed by atoms with Gasteiger partial charge >= 0.3 is 5.97 Å². The first kappa shape index (κ1) is 15.2. The lowest BCUT2D eigenvalue weighted by Crippen LogP contribution is -2.29. The number of carboxylic acid groups (broad SMARTS) is 1. The van der Waals surface area contributed by atoms with Gasteiger partial charge in [0.1, 0.15) is 0 Å². The van der Waals surface area contributed by atoms with E-state index >= 15 is 0 Å². The van der Waals surface area contributed by atoms with E-state index in [1.54, 1.807) is 12.1 Å². The lowest BCUT2D eigenvalue weighted by atomic mass is 9.76. The molecule has 3 aromatic rings. The van der Waals surface area contributed by atoms with Crippen LogP contribution in [0.1, 0.15) is 39.9 Å². The van der Waals surface area contributed by atoms with Gasteiger partial charge in [-0.25, -0.2) is 4.79 Å². The normalized spacial score (nSPS) is 23.3. The molecule has 0 radical (unpaired) electrons. The summed E-state index contributed by atoms with van der Waals surface area (Å²) in [5, 5.41) is 15.4. The molecule has 1 heterocycles. The maximum atomic E-state index is 11.2. The van der Waals surface area contributed by atoms with Crippen molar-refractivity contribution in [1.82, 2.24) is 0 Å². The van der Waals surface area contributed by atoms with Gasteiger partial charge in [0, 0.05) is 17.0 Å². The highest BCUT2D eigenvalue weighted by Gasteiger charge is 2.38. The molecular weight excluding hydrogens is 322 g/mol. The zero-order valence-electron chi connectivity index (χ0n) is 14.2. The third kappa shape index (κ3) is 2.24. The summed E-state index contributed by atoms with van der Waals surface area (Å²) in [4.78, 5) is 11.2. The predicted octanol–water partition coefficient (Wildman–Crippen LogP) is 5.36. The minimum atomic E-state index is -0.884. The average Bonchev–Trinajstić information content (AvgIpc) is 3.17. The summed E-state index contributed by atoms with van der Waals surface area (Å²) < 4.78 is 0. The number of hydrogen-bond acceptors (Lipinski definition) is 2. The van der Waals surface area contributed by atoms with Crippen molar-refractivity contribution in [3.05, 3.63) is 89.5 Å². The van der Waals surface area contributed by atoms with Gasteiger partial charge in [0.05, 0.1) is 11.6 Å². The van der Waals surface area contributed by atoms with Crippen molar-refractivity contribution in [3.63, 3.8) is 0 Å². The molecule has 0 bridgehead atoms. The van der Waals surface area contributed by atoms with Crippen molar-refractivity contribution < 1.29 is 9.90 Å². The number of fused-ring (bicyclic) bond motifs is 5. The maximum Gasteiger partial charge on any atom is 0.335 e. The van der Waals surface area contributed by atoms with Gasteiger partial charge in [0.15, 0.2) is 0 Å². The van der Waals surface area contributed by atoms with E-state index in [2.05, 4.69) is 53.9 Å². The Morgan fingerprint density at radius 3 is 2.62 bits per heavy atom. The Morgan fingerprint density at radius 2 is 1.81 bits per heavy atom. The third-order valence-electron chi connectivity index (χ3n) is 5.78. The van der Waals surface area contributed by atoms with Crippen molar-refractivity contribution in [2.75, 3.05) is 5.32 Å². The van der Waals surface area contributed by atoms with E-state index in [-0.39, 0.29) is 6.04 Å². The first-order valence-corrected chi connectivity index (χ1v) is 9.00. The Bertz CT molecular complexity index is 1040. The van der Waals surface area contributed by atoms with E-state index in [0.29, 0.717) is 17.4 Å². The molecule has 1 aliphatic heterocycles. The van der Waals surface area contributed by atoms with E-state index in [1.807, 2.05) is 12.1 Å². The Morgan fingerprint density at radius 1 is 1.00 bits per heavy atom. The van der Waals surface area contributed by atoms with Crippen LogP contribution in [0.25, 0.3) is 10.8 Å². The van der Waals surface area contributed by atoms with Gasteiger partial charge in [-0.15, -0.1) is 0 Å². The molecule has 5 rings (SSSR count). The molecule has 128 valence electrons. The quantitative estimate of drug-likeness (QED) is 0.617. The Labute approximate surface area is 152 Å². The molecule has 1 aliphatic carbocycles. The van der Waals surface area contributed by atoms with Crippen molar-refractivity contribution in [2.24, 2.45) is 5.92 Å². The second-order valence-corrected chi connectivity index (χ2v) is 7.15. The molecule has 0 spiro atoms. The summed E-state index contributed by atoms with van der Waals surface area (Å²) in [7, 11) is 0. The molecule has 0 fully saturated rings. The fourth-order valence-electron chi connectivity index (χ4n) is 4.50. The van der Waals surface area contributed by atoms with Crippen LogP contribution >= 0.6 is 0 Å². The smallest absolute Gasteiger partial charge is 0.335 e. The van der Waals surface area contributed by atoms with E-state index in [0.717, 1.165) is 12.0 Å². The standard InChI is InChI=1S/C23H19NO2/c25-23(26)16-10-8-15(9-11-16)21-19-7-3-6-18(19)20-13-12-14-4-1-2-5-17(14)22(20)24-21/h1-6,8-13,18-19,21,24H,7H2,(H,25,26). The summed E-state index contributed by atoms with van der Waals surface area (Å²) in [6.45, 7) is 0. The largest absolute Gasteiger partial charge is 0.478 e. The van der Waals surface area contributed by atoms with Crippen molar-refractivity contribution >= 4 is 22.4 Å². The molecule has 26 heavy (non-hydrogen) atoms. The molecule has 2 N–H and O–H groups in total. The fourth-order valence-corrected chi connectivity index (χ4v) is 4.50. The number of carboxylic acids is 1. The lowest BCUT2D eigenvalue weighted by Gasteiger charge is -2.38. The van der Waals surface area contributed by atoms with Gasteiger partial charge in [0.25, 0.3) is 0 Å². The molecular formula is C23H19NO2. The molecule has 3 unspecified atom stereocenters. The predicted molar refractivity (Wildman–Crippen MR) is 104 cm³/mol. The van der Waals surface area contributed by atoms with Gasteiger partial charge in [0.2, 0.25) is 0 Å². The number of nitrogens with one attached hydrogen (secondary N) is 1. The number of aromatic carboxylic acids is 1. The summed E-state index contributed by atoms with van der Waals surface area (Å²) in [6.07, 6.45) is 5.65. The van der Waals surface area contributed by atoms with Crippen LogP contribution in [0.2, 0.25) is 0 Å². The van der Waals surface area contributed by atoms with Gasteiger partial charge in [-0.1, -0.05) is 60.7 Å². The van der Waals surface area contributed by atoms with Crippen LogP contribution < -0.4 is 5.32 Å². The Kier molecular flexibility index (Phi) is 3.35. The van der Waals surface area contributed by atoms with Crippen molar-refractivity contribution in [2.45, 2.75) is 18.4 Å². The summed E-state index contributed by atoms with van der Waals surface area (Å²) in [6, 6.07) is 20.4. The number of allylic oxidation sites excluding steroid dienone is 2. The van der Waals surface area contributed by atoms with Crippen LogP contribution in [0.5, 0.6) is 0 Å². The SMILES string of the molecule is O=C(O)c1ccc(C2Nc3c(ccc4ccccc34)C3C=CCC32)cc1.